The van der Waals surface area contributed by atoms with Gasteiger partial charge in [-0.3, -0.25) is 9.59 Å². The maximum absolute atomic E-state index is 13.1. The van der Waals surface area contributed by atoms with Crippen molar-refractivity contribution in [3.63, 3.8) is 0 Å². The SMILES string of the molecule is CNC(=O)c1sc2cc(O/C(=C/C=N)c3[nH]cc(C(=O)N4CCC(O)C4C)c3C)ccc2c1C. The molecule has 2 unspecified atom stereocenters. The van der Waals surface area contributed by atoms with E-state index in [1.54, 1.807) is 18.1 Å². The number of rotatable bonds is 6. The summed E-state index contributed by atoms with van der Waals surface area (Å²) in [6, 6.07) is 5.38. The Bertz CT molecular complexity index is 1310. The van der Waals surface area contributed by atoms with Gasteiger partial charge in [-0.25, -0.2) is 0 Å². The Balaban J connectivity index is 1.63. The van der Waals surface area contributed by atoms with Gasteiger partial charge in [-0.15, -0.1) is 11.3 Å². The van der Waals surface area contributed by atoms with E-state index in [1.165, 1.54) is 17.4 Å². The van der Waals surface area contributed by atoms with Crippen LogP contribution in [0.25, 0.3) is 15.8 Å². The molecule has 0 aliphatic carbocycles. The van der Waals surface area contributed by atoms with Crippen LogP contribution in [-0.2, 0) is 0 Å². The molecule has 1 saturated heterocycles. The highest BCUT2D eigenvalue weighted by Gasteiger charge is 2.34. The molecule has 3 aromatic rings. The normalized spacial score (nSPS) is 18.4. The molecule has 0 spiro atoms. The number of carbonyl (C=O) groups is 2. The maximum Gasteiger partial charge on any atom is 0.261 e. The van der Waals surface area contributed by atoms with Crippen LogP contribution in [0.4, 0.5) is 0 Å². The molecule has 8 nitrogen and oxygen atoms in total. The molecule has 1 aliphatic heterocycles. The third-order valence-electron chi connectivity index (χ3n) is 6.40. The van der Waals surface area contributed by atoms with Crippen LogP contribution in [0.15, 0.2) is 30.5 Å². The van der Waals surface area contributed by atoms with Crippen LogP contribution in [0.5, 0.6) is 5.75 Å². The van der Waals surface area contributed by atoms with Gasteiger partial charge >= 0.3 is 0 Å². The third-order valence-corrected chi connectivity index (χ3v) is 7.65. The van der Waals surface area contributed by atoms with Gasteiger partial charge in [-0.2, -0.15) is 0 Å². The second-order valence-electron chi connectivity index (χ2n) is 8.39. The minimum Gasteiger partial charge on any atom is -0.455 e. The lowest BCUT2D eigenvalue weighted by Crippen LogP contribution is -2.37. The zero-order chi connectivity index (χ0) is 24.6. The van der Waals surface area contributed by atoms with E-state index in [1.807, 2.05) is 39.0 Å². The van der Waals surface area contributed by atoms with Gasteiger partial charge in [0.05, 0.1) is 28.3 Å². The minimum atomic E-state index is -0.515. The van der Waals surface area contributed by atoms with Crippen molar-refractivity contribution in [2.24, 2.45) is 0 Å². The van der Waals surface area contributed by atoms with Crippen LogP contribution >= 0.6 is 11.3 Å². The Hall–Kier alpha value is -3.43. The van der Waals surface area contributed by atoms with Gasteiger partial charge in [-0.1, -0.05) is 0 Å². The van der Waals surface area contributed by atoms with Crippen LogP contribution in [0, 0.1) is 19.3 Å². The largest absolute Gasteiger partial charge is 0.455 e. The van der Waals surface area contributed by atoms with Crippen LogP contribution in [-0.4, -0.2) is 58.8 Å². The summed E-state index contributed by atoms with van der Waals surface area (Å²) >= 11 is 1.40. The van der Waals surface area contributed by atoms with Crippen molar-refractivity contribution in [1.82, 2.24) is 15.2 Å². The number of aliphatic hydroxyl groups excluding tert-OH is 1. The number of aromatic amines is 1. The summed E-state index contributed by atoms with van der Waals surface area (Å²) in [4.78, 5) is 30.7. The summed E-state index contributed by atoms with van der Waals surface area (Å²) in [5, 5.41) is 21.3. The highest BCUT2D eigenvalue weighted by Crippen LogP contribution is 2.35. The van der Waals surface area contributed by atoms with Crippen molar-refractivity contribution in [1.29, 1.82) is 5.41 Å². The highest BCUT2D eigenvalue weighted by atomic mass is 32.1. The molecule has 2 atom stereocenters. The van der Waals surface area contributed by atoms with E-state index in [9.17, 15) is 14.7 Å². The Morgan fingerprint density at radius 2 is 2.09 bits per heavy atom. The first-order chi connectivity index (χ1) is 16.3. The number of nitrogens with one attached hydrogen (secondary N) is 3. The number of ether oxygens (including phenoxy) is 1. The van der Waals surface area contributed by atoms with Gasteiger partial charge in [-0.05, 0) is 61.9 Å². The number of hydrogen-bond acceptors (Lipinski definition) is 6. The second-order valence-corrected chi connectivity index (χ2v) is 9.44. The van der Waals surface area contributed by atoms with Gasteiger partial charge in [0.15, 0.2) is 5.76 Å². The summed E-state index contributed by atoms with van der Waals surface area (Å²) < 4.78 is 7.06. The van der Waals surface area contributed by atoms with Crippen molar-refractivity contribution in [3.05, 3.63) is 57.7 Å². The van der Waals surface area contributed by atoms with Gasteiger partial charge < -0.3 is 30.5 Å². The number of aryl methyl sites for hydroxylation is 1. The minimum absolute atomic E-state index is 0.121. The molecule has 1 aliphatic rings. The number of likely N-dealkylation sites (tertiary alicyclic amines) is 1. The number of H-pyrrole nitrogens is 1. The van der Waals surface area contributed by atoms with Crippen molar-refractivity contribution in [2.75, 3.05) is 13.6 Å². The zero-order valence-corrected chi connectivity index (χ0v) is 20.4. The van der Waals surface area contributed by atoms with Gasteiger partial charge in [0.1, 0.15) is 5.75 Å². The Morgan fingerprint density at radius 1 is 1.32 bits per heavy atom. The van der Waals surface area contributed by atoms with Crippen molar-refractivity contribution >= 4 is 45.2 Å². The fourth-order valence-electron chi connectivity index (χ4n) is 4.31. The second kappa shape index (κ2) is 9.44. The fraction of sp³-hybridized carbons (Fsp3) is 0.320. The number of amides is 2. The molecule has 1 aromatic carbocycles. The highest BCUT2D eigenvalue weighted by molar-refractivity contribution is 7.21. The zero-order valence-electron chi connectivity index (χ0n) is 19.6. The quantitative estimate of drug-likeness (QED) is 0.316. The average molecular weight is 481 g/mol. The molecule has 34 heavy (non-hydrogen) atoms. The molecule has 4 N–H and O–H groups in total. The lowest BCUT2D eigenvalue weighted by Gasteiger charge is -2.22. The first-order valence-corrected chi connectivity index (χ1v) is 11.9. The predicted octanol–water partition coefficient (Wildman–Crippen LogP) is 3.87. The van der Waals surface area contributed by atoms with Crippen LogP contribution < -0.4 is 10.1 Å². The molecule has 1 fully saturated rings. The molecule has 3 heterocycles. The molecule has 178 valence electrons. The number of carbonyl (C=O) groups excluding carboxylic acids is 2. The topological polar surface area (TPSA) is 119 Å². The molecule has 4 rings (SSSR count). The monoisotopic (exact) mass is 480 g/mol. The number of aliphatic hydroxyl groups is 1. The van der Waals surface area contributed by atoms with Crippen molar-refractivity contribution in [2.45, 2.75) is 39.3 Å². The Kier molecular flexibility index (Phi) is 6.58. The van der Waals surface area contributed by atoms with E-state index in [0.717, 1.165) is 21.9 Å². The molecule has 9 heteroatoms. The number of allylic oxidation sites excluding steroid dienone is 1. The van der Waals surface area contributed by atoms with Gasteiger partial charge in [0.25, 0.3) is 11.8 Å². The summed E-state index contributed by atoms with van der Waals surface area (Å²) in [5.41, 5.74) is 2.75. The van der Waals surface area contributed by atoms with Gasteiger partial charge in [0, 0.05) is 36.8 Å². The van der Waals surface area contributed by atoms with Gasteiger partial charge in [0.2, 0.25) is 0 Å². The number of fused-ring (bicyclic) bond motifs is 1. The molecule has 0 bridgehead atoms. The van der Waals surface area contributed by atoms with Crippen LogP contribution in [0.3, 0.4) is 0 Å². The fourth-order valence-corrected chi connectivity index (χ4v) is 5.49. The average Bonchev–Trinajstić information content (AvgIpc) is 3.48. The Labute approximate surface area is 201 Å². The number of thiophene rings is 1. The number of nitrogens with zero attached hydrogens (tertiary/aromatic N) is 1. The maximum atomic E-state index is 13.1. The molecule has 0 radical (unpaired) electrons. The molecule has 2 aromatic heterocycles. The van der Waals surface area contributed by atoms with Crippen LogP contribution in [0.1, 0.15) is 50.2 Å². The standard InChI is InChI=1S/C25H28N4O4S/c1-13-18(25(32)29-10-8-19(30)15(29)3)12-28-22(13)20(7-9-26)33-16-5-6-17-14(2)23(24(31)27-4)34-21(17)11-16/h5-7,9,11-12,15,19,26,28,30H,8,10H2,1-4H3,(H,27,31)/b20-7+,26-9?. The van der Waals surface area contributed by atoms with E-state index in [0.29, 0.717) is 46.2 Å². The van der Waals surface area contributed by atoms with Crippen LogP contribution in [0.2, 0.25) is 0 Å². The summed E-state index contributed by atoms with van der Waals surface area (Å²) in [6.45, 7) is 6.11. The first-order valence-electron chi connectivity index (χ1n) is 11.1. The van der Waals surface area contributed by atoms with E-state index in [4.69, 9.17) is 10.1 Å². The smallest absolute Gasteiger partial charge is 0.261 e. The van der Waals surface area contributed by atoms with Crippen molar-refractivity contribution in [3.8, 4) is 5.75 Å². The summed E-state index contributed by atoms with van der Waals surface area (Å²) in [7, 11) is 1.61. The lowest BCUT2D eigenvalue weighted by molar-refractivity contribution is 0.0666. The molecule has 0 saturated carbocycles. The summed E-state index contributed by atoms with van der Waals surface area (Å²) in [5.74, 6) is 0.698. The Morgan fingerprint density at radius 3 is 2.74 bits per heavy atom. The molecular formula is C25H28N4O4S. The lowest BCUT2D eigenvalue weighted by atomic mass is 10.1. The van der Waals surface area contributed by atoms with E-state index in [-0.39, 0.29) is 17.9 Å². The summed E-state index contributed by atoms with van der Waals surface area (Å²) in [6.07, 6.45) is 4.35. The van der Waals surface area contributed by atoms with Crippen molar-refractivity contribution < 1.29 is 19.4 Å². The molecular weight excluding hydrogens is 452 g/mol. The number of hydrogen-bond donors (Lipinski definition) is 4. The molecule has 2 amide bonds. The van der Waals surface area contributed by atoms with E-state index >= 15 is 0 Å². The van der Waals surface area contributed by atoms with E-state index in [2.05, 4.69) is 10.3 Å². The predicted molar refractivity (Wildman–Crippen MR) is 134 cm³/mol. The number of benzene rings is 1. The third kappa shape index (κ3) is 4.12. The first kappa shape index (κ1) is 23.7. The number of aromatic nitrogens is 1. The van der Waals surface area contributed by atoms with E-state index < -0.39 is 6.10 Å².